The summed E-state index contributed by atoms with van der Waals surface area (Å²) in [7, 11) is 0. The van der Waals surface area contributed by atoms with Crippen LogP contribution in [0.5, 0.6) is 0 Å². The fraction of sp³-hybridized carbons (Fsp3) is 0.500. The van der Waals surface area contributed by atoms with Gasteiger partial charge in [0.05, 0.1) is 22.4 Å². The molecular weight excluding hydrogens is 342 g/mol. The summed E-state index contributed by atoms with van der Waals surface area (Å²) < 4.78 is 31.4. The molecule has 24 heavy (non-hydrogen) atoms. The third-order valence-corrected chi connectivity index (χ3v) is 3.90. The van der Waals surface area contributed by atoms with Gasteiger partial charge in [-0.2, -0.15) is 0 Å². The summed E-state index contributed by atoms with van der Waals surface area (Å²) in [6.45, 7) is 3.38. The second-order valence-corrected chi connectivity index (χ2v) is 6.33. The van der Waals surface area contributed by atoms with Gasteiger partial charge in [-0.25, -0.2) is 18.4 Å². The number of esters is 1. The fourth-order valence-corrected chi connectivity index (χ4v) is 2.43. The normalized spacial score (nSPS) is 16.8. The van der Waals surface area contributed by atoms with Gasteiger partial charge in [0.2, 0.25) is 0 Å². The molecule has 0 unspecified atom stereocenters. The molecule has 1 fully saturated rings. The highest BCUT2D eigenvalue weighted by Crippen LogP contribution is 2.29. The number of rotatable bonds is 3. The van der Waals surface area contributed by atoms with Gasteiger partial charge in [-0.15, -0.1) is 0 Å². The second-order valence-electron chi connectivity index (χ2n) is 5.92. The standard InChI is InChI=1S/C16H19ClF2N2O3/c1-10(2)24-14(22)11-3-4-12(17)13(9-11)20-15(23)21-7-5-16(18,19)6-8-21/h3-4,9-10H,5-8H2,1-2H3,(H,20,23). The summed E-state index contributed by atoms with van der Waals surface area (Å²) in [6.07, 6.45) is -1.01. The summed E-state index contributed by atoms with van der Waals surface area (Å²) in [4.78, 5) is 25.4. The van der Waals surface area contributed by atoms with Crippen molar-refractivity contribution in [2.45, 2.75) is 38.7 Å². The van der Waals surface area contributed by atoms with Crippen LogP contribution >= 0.6 is 11.6 Å². The lowest BCUT2D eigenvalue weighted by molar-refractivity contribution is -0.0461. The van der Waals surface area contributed by atoms with Crippen LogP contribution in [0.1, 0.15) is 37.0 Å². The van der Waals surface area contributed by atoms with E-state index in [0.29, 0.717) is 0 Å². The molecule has 1 aliphatic rings. The Bertz CT molecular complexity index is 628. The number of anilines is 1. The van der Waals surface area contributed by atoms with Crippen LogP contribution in [-0.2, 0) is 4.74 Å². The highest BCUT2D eigenvalue weighted by atomic mass is 35.5. The highest BCUT2D eigenvalue weighted by Gasteiger charge is 2.35. The number of carbonyl (C=O) groups is 2. The van der Waals surface area contributed by atoms with Crippen molar-refractivity contribution >= 4 is 29.3 Å². The van der Waals surface area contributed by atoms with Gasteiger partial charge >= 0.3 is 12.0 Å². The number of hydrogen-bond donors (Lipinski definition) is 1. The van der Waals surface area contributed by atoms with Gasteiger partial charge in [-0.3, -0.25) is 0 Å². The highest BCUT2D eigenvalue weighted by molar-refractivity contribution is 6.33. The van der Waals surface area contributed by atoms with Crippen LogP contribution in [0.3, 0.4) is 0 Å². The van der Waals surface area contributed by atoms with Gasteiger partial charge in [0, 0.05) is 25.9 Å². The molecule has 0 aromatic heterocycles. The Kier molecular flexibility index (Phi) is 5.64. The zero-order valence-electron chi connectivity index (χ0n) is 13.4. The molecule has 1 saturated heterocycles. The number of ether oxygens (including phenoxy) is 1. The van der Waals surface area contributed by atoms with Crippen molar-refractivity contribution in [2.75, 3.05) is 18.4 Å². The van der Waals surface area contributed by atoms with Crippen molar-refractivity contribution in [1.82, 2.24) is 4.90 Å². The predicted molar refractivity (Wildman–Crippen MR) is 86.8 cm³/mol. The second kappa shape index (κ2) is 7.34. The molecule has 1 heterocycles. The van der Waals surface area contributed by atoms with Gasteiger partial charge in [-0.1, -0.05) is 11.6 Å². The summed E-state index contributed by atoms with van der Waals surface area (Å²) in [5.41, 5.74) is 0.478. The molecule has 0 aliphatic carbocycles. The Balaban J connectivity index is 2.06. The Hall–Kier alpha value is -1.89. The molecular formula is C16H19ClF2N2O3. The van der Waals surface area contributed by atoms with Crippen LogP contribution in [-0.4, -0.2) is 42.0 Å². The van der Waals surface area contributed by atoms with Crippen LogP contribution in [0.2, 0.25) is 5.02 Å². The Morgan fingerprint density at radius 2 is 1.92 bits per heavy atom. The van der Waals surface area contributed by atoms with Gasteiger partial charge in [0.15, 0.2) is 0 Å². The van der Waals surface area contributed by atoms with Gasteiger partial charge in [0.25, 0.3) is 5.92 Å². The number of likely N-dealkylation sites (tertiary alicyclic amines) is 1. The van der Waals surface area contributed by atoms with E-state index in [1.807, 2.05) is 0 Å². The quantitative estimate of drug-likeness (QED) is 0.823. The van der Waals surface area contributed by atoms with Crippen molar-refractivity contribution in [1.29, 1.82) is 0 Å². The summed E-state index contributed by atoms with van der Waals surface area (Å²) in [5.74, 6) is -3.26. The number of alkyl halides is 2. The zero-order valence-corrected chi connectivity index (χ0v) is 14.2. The molecule has 2 rings (SSSR count). The van der Waals surface area contributed by atoms with Crippen LogP contribution in [0.15, 0.2) is 18.2 Å². The number of nitrogens with one attached hydrogen (secondary N) is 1. The molecule has 1 aliphatic heterocycles. The molecule has 1 aromatic carbocycles. The zero-order chi connectivity index (χ0) is 17.9. The fourth-order valence-electron chi connectivity index (χ4n) is 2.26. The first-order valence-electron chi connectivity index (χ1n) is 7.62. The summed E-state index contributed by atoms with van der Waals surface area (Å²) >= 11 is 6.03. The molecule has 132 valence electrons. The number of carbonyl (C=O) groups excluding carboxylic acids is 2. The molecule has 1 aromatic rings. The summed E-state index contributed by atoms with van der Waals surface area (Å²) in [5, 5.41) is 2.80. The maximum absolute atomic E-state index is 13.1. The number of urea groups is 1. The SMILES string of the molecule is CC(C)OC(=O)c1ccc(Cl)c(NC(=O)N2CCC(F)(F)CC2)c1. The third kappa shape index (κ3) is 4.80. The first-order chi connectivity index (χ1) is 11.2. The Morgan fingerprint density at radius 1 is 1.29 bits per heavy atom. The monoisotopic (exact) mass is 360 g/mol. The van der Waals surface area contributed by atoms with Crippen molar-refractivity contribution in [3.63, 3.8) is 0 Å². The molecule has 8 heteroatoms. The first-order valence-corrected chi connectivity index (χ1v) is 8.00. The smallest absolute Gasteiger partial charge is 0.338 e. The Morgan fingerprint density at radius 3 is 2.50 bits per heavy atom. The van der Waals surface area contributed by atoms with E-state index in [4.69, 9.17) is 16.3 Å². The predicted octanol–water partition coefficient (Wildman–Crippen LogP) is 4.17. The Labute approximate surface area is 143 Å². The lowest BCUT2D eigenvalue weighted by Crippen LogP contribution is -2.44. The van der Waals surface area contributed by atoms with Crippen molar-refractivity contribution < 1.29 is 23.1 Å². The third-order valence-electron chi connectivity index (χ3n) is 3.57. The van der Waals surface area contributed by atoms with E-state index in [2.05, 4.69) is 5.32 Å². The van der Waals surface area contributed by atoms with Crippen molar-refractivity contribution in [3.8, 4) is 0 Å². The average Bonchev–Trinajstić information content (AvgIpc) is 2.48. The van der Waals surface area contributed by atoms with E-state index >= 15 is 0 Å². The van der Waals surface area contributed by atoms with Crippen LogP contribution in [0.25, 0.3) is 0 Å². The number of amides is 2. The molecule has 0 radical (unpaired) electrons. The summed E-state index contributed by atoms with van der Waals surface area (Å²) in [6, 6.07) is 3.84. The number of hydrogen-bond acceptors (Lipinski definition) is 3. The maximum Gasteiger partial charge on any atom is 0.338 e. The van der Waals surface area contributed by atoms with E-state index in [1.54, 1.807) is 13.8 Å². The van der Waals surface area contributed by atoms with Crippen molar-refractivity contribution in [2.24, 2.45) is 0 Å². The molecule has 5 nitrogen and oxygen atoms in total. The van der Waals surface area contributed by atoms with Crippen LogP contribution < -0.4 is 5.32 Å². The van der Waals surface area contributed by atoms with Crippen molar-refractivity contribution in [3.05, 3.63) is 28.8 Å². The minimum absolute atomic E-state index is 0.0362. The van der Waals surface area contributed by atoms with Gasteiger partial charge in [0.1, 0.15) is 0 Å². The maximum atomic E-state index is 13.1. The van der Waals surface area contributed by atoms with E-state index in [0.717, 1.165) is 0 Å². The topological polar surface area (TPSA) is 58.6 Å². The molecule has 2 amide bonds. The number of piperidine rings is 1. The van der Waals surface area contributed by atoms with E-state index in [-0.39, 0.29) is 48.3 Å². The van der Waals surface area contributed by atoms with E-state index in [1.165, 1.54) is 23.1 Å². The van der Waals surface area contributed by atoms with E-state index in [9.17, 15) is 18.4 Å². The molecule has 0 spiro atoms. The minimum Gasteiger partial charge on any atom is -0.459 e. The number of halogens is 3. The number of benzene rings is 1. The molecule has 0 atom stereocenters. The number of nitrogens with zero attached hydrogens (tertiary/aromatic N) is 1. The molecule has 0 bridgehead atoms. The van der Waals surface area contributed by atoms with Gasteiger partial charge < -0.3 is 15.0 Å². The van der Waals surface area contributed by atoms with Gasteiger partial charge in [-0.05, 0) is 32.0 Å². The largest absolute Gasteiger partial charge is 0.459 e. The average molecular weight is 361 g/mol. The minimum atomic E-state index is -2.73. The lowest BCUT2D eigenvalue weighted by atomic mass is 10.1. The molecule has 1 N–H and O–H groups in total. The van der Waals surface area contributed by atoms with Crippen LogP contribution in [0.4, 0.5) is 19.3 Å². The lowest BCUT2D eigenvalue weighted by Gasteiger charge is -2.31. The van der Waals surface area contributed by atoms with E-state index < -0.39 is 17.9 Å². The first kappa shape index (κ1) is 18.4. The molecule has 0 saturated carbocycles. The van der Waals surface area contributed by atoms with Crippen LogP contribution in [0, 0.1) is 0 Å².